The summed E-state index contributed by atoms with van der Waals surface area (Å²) in [5, 5.41) is 2.92. The van der Waals surface area contributed by atoms with Gasteiger partial charge in [0.2, 0.25) is 0 Å². The molecule has 1 heterocycles. The number of anilines is 1. The lowest BCUT2D eigenvalue weighted by Gasteiger charge is -2.26. The second-order valence-electron chi connectivity index (χ2n) is 6.40. The first-order valence-electron chi connectivity index (χ1n) is 8.99. The lowest BCUT2D eigenvalue weighted by atomic mass is 10.1. The molecular weight excluding hydrogens is 302 g/mol. The molecule has 1 saturated heterocycles. The number of likely N-dealkylation sites (tertiary alicyclic amines) is 1. The van der Waals surface area contributed by atoms with Crippen LogP contribution in [0.25, 0.3) is 0 Å². The number of amides is 2. The maximum atomic E-state index is 12.4. The second kappa shape index (κ2) is 9.42. The van der Waals surface area contributed by atoms with Gasteiger partial charge in [-0.15, -0.1) is 0 Å². The fourth-order valence-electron chi connectivity index (χ4n) is 3.02. The molecule has 132 valence electrons. The number of hydrogen-bond donors (Lipinski definition) is 1. The first-order chi connectivity index (χ1) is 11.6. The van der Waals surface area contributed by atoms with Gasteiger partial charge in [-0.25, -0.2) is 4.79 Å². The van der Waals surface area contributed by atoms with E-state index in [1.165, 1.54) is 32.6 Å². The van der Waals surface area contributed by atoms with Gasteiger partial charge in [-0.3, -0.25) is 4.79 Å². The van der Waals surface area contributed by atoms with Crippen LogP contribution in [0.5, 0.6) is 0 Å². The topological polar surface area (TPSA) is 52.6 Å². The van der Waals surface area contributed by atoms with Crippen molar-refractivity contribution in [2.45, 2.75) is 39.5 Å². The summed E-state index contributed by atoms with van der Waals surface area (Å²) in [5.74, 6) is 0.0283. The molecule has 1 fully saturated rings. The summed E-state index contributed by atoms with van der Waals surface area (Å²) in [5.41, 5.74) is 1.37. The quantitative estimate of drug-likeness (QED) is 0.810. The summed E-state index contributed by atoms with van der Waals surface area (Å²) in [7, 11) is 0. The van der Waals surface area contributed by atoms with E-state index in [2.05, 4.69) is 10.2 Å². The molecule has 2 amide bonds. The number of Topliss-reactive ketones (excluding diaryl/α,β-unsaturated/α-hetero) is 1. The van der Waals surface area contributed by atoms with Crippen molar-refractivity contribution >= 4 is 17.5 Å². The minimum absolute atomic E-state index is 0.0283. The van der Waals surface area contributed by atoms with Gasteiger partial charge >= 0.3 is 6.03 Å². The lowest BCUT2D eigenvalue weighted by Crippen LogP contribution is -2.41. The number of urea groups is 1. The number of nitrogens with one attached hydrogen (secondary N) is 1. The van der Waals surface area contributed by atoms with Crippen molar-refractivity contribution in [2.75, 3.05) is 38.0 Å². The zero-order valence-corrected chi connectivity index (χ0v) is 14.9. The van der Waals surface area contributed by atoms with Crippen LogP contribution in [0, 0.1) is 0 Å². The van der Waals surface area contributed by atoms with Gasteiger partial charge in [0.1, 0.15) is 0 Å². The predicted molar refractivity (Wildman–Crippen MR) is 97.6 cm³/mol. The number of nitrogens with zero attached hydrogens (tertiary/aromatic N) is 2. The van der Waals surface area contributed by atoms with Crippen LogP contribution in [0.1, 0.15) is 49.9 Å². The van der Waals surface area contributed by atoms with Crippen molar-refractivity contribution in [3.8, 4) is 0 Å². The van der Waals surface area contributed by atoms with Crippen LogP contribution in [0.2, 0.25) is 0 Å². The van der Waals surface area contributed by atoms with Gasteiger partial charge in [-0.05, 0) is 64.0 Å². The Hall–Kier alpha value is -1.88. The number of benzene rings is 1. The third-order valence-corrected chi connectivity index (χ3v) is 4.60. The predicted octanol–water partition coefficient (Wildman–Crippen LogP) is 3.62. The molecule has 0 radical (unpaired) electrons. The molecule has 1 aromatic carbocycles. The summed E-state index contributed by atoms with van der Waals surface area (Å²) in [4.78, 5) is 28.0. The Labute approximate surface area is 145 Å². The van der Waals surface area contributed by atoms with E-state index in [9.17, 15) is 9.59 Å². The Bertz CT molecular complexity index is 534. The number of likely N-dealkylation sites (N-methyl/N-ethyl adjacent to an activating group) is 1. The van der Waals surface area contributed by atoms with Crippen molar-refractivity contribution in [3.05, 3.63) is 29.8 Å². The molecule has 1 aromatic rings. The SMILES string of the molecule is CCN(CCN1CCCCCC1)C(=O)Nc1ccc(C(C)=O)cc1. The molecule has 0 spiro atoms. The summed E-state index contributed by atoms with van der Waals surface area (Å²) in [6.07, 6.45) is 5.18. The van der Waals surface area contributed by atoms with Gasteiger partial charge in [0.25, 0.3) is 0 Å². The Kier molecular flexibility index (Phi) is 7.25. The fourth-order valence-corrected chi connectivity index (χ4v) is 3.02. The minimum Gasteiger partial charge on any atom is -0.324 e. The Morgan fingerprint density at radius 2 is 1.71 bits per heavy atom. The van der Waals surface area contributed by atoms with Gasteiger partial charge < -0.3 is 15.1 Å². The van der Waals surface area contributed by atoms with Crippen LogP contribution in [0.15, 0.2) is 24.3 Å². The molecule has 1 aliphatic heterocycles. The van der Waals surface area contributed by atoms with E-state index in [1.54, 1.807) is 24.3 Å². The molecule has 0 atom stereocenters. The zero-order valence-electron chi connectivity index (χ0n) is 14.9. The normalized spacial score (nSPS) is 15.6. The molecule has 0 aromatic heterocycles. The first-order valence-corrected chi connectivity index (χ1v) is 8.99. The van der Waals surface area contributed by atoms with Gasteiger partial charge in [-0.2, -0.15) is 0 Å². The van der Waals surface area contributed by atoms with Crippen LogP contribution in [0.4, 0.5) is 10.5 Å². The molecule has 0 aliphatic carbocycles. The smallest absolute Gasteiger partial charge is 0.321 e. The minimum atomic E-state index is -0.0807. The highest BCUT2D eigenvalue weighted by Gasteiger charge is 2.15. The maximum Gasteiger partial charge on any atom is 0.321 e. The monoisotopic (exact) mass is 331 g/mol. The molecule has 5 nitrogen and oxygen atoms in total. The molecule has 2 rings (SSSR count). The molecule has 0 saturated carbocycles. The van der Waals surface area contributed by atoms with E-state index >= 15 is 0 Å². The summed E-state index contributed by atoms with van der Waals surface area (Å²) in [6, 6.07) is 6.95. The third-order valence-electron chi connectivity index (χ3n) is 4.60. The van der Waals surface area contributed by atoms with Crippen molar-refractivity contribution in [2.24, 2.45) is 0 Å². The van der Waals surface area contributed by atoms with E-state index in [0.29, 0.717) is 12.1 Å². The van der Waals surface area contributed by atoms with E-state index in [1.807, 2.05) is 11.8 Å². The summed E-state index contributed by atoms with van der Waals surface area (Å²) >= 11 is 0. The molecule has 1 aliphatic rings. The van der Waals surface area contributed by atoms with Crippen LogP contribution >= 0.6 is 0 Å². The zero-order chi connectivity index (χ0) is 17.4. The van der Waals surface area contributed by atoms with E-state index in [-0.39, 0.29) is 11.8 Å². The largest absolute Gasteiger partial charge is 0.324 e. The number of carbonyl (C=O) groups excluding carboxylic acids is 2. The molecule has 1 N–H and O–H groups in total. The standard InChI is InChI=1S/C19H29N3O2/c1-3-22(15-14-21-12-6-4-5-7-13-21)19(24)20-18-10-8-17(9-11-18)16(2)23/h8-11H,3-7,12-15H2,1-2H3,(H,20,24). The average Bonchev–Trinajstić information content (AvgIpc) is 2.84. The molecule has 0 bridgehead atoms. The van der Waals surface area contributed by atoms with E-state index < -0.39 is 0 Å². The highest BCUT2D eigenvalue weighted by molar-refractivity contribution is 5.95. The van der Waals surface area contributed by atoms with Gasteiger partial charge in [0, 0.05) is 30.9 Å². The van der Waals surface area contributed by atoms with Crippen molar-refractivity contribution in [3.63, 3.8) is 0 Å². The van der Waals surface area contributed by atoms with Crippen LogP contribution in [-0.4, -0.2) is 54.3 Å². The second-order valence-corrected chi connectivity index (χ2v) is 6.40. The van der Waals surface area contributed by atoms with Gasteiger partial charge in [0.15, 0.2) is 5.78 Å². The number of carbonyl (C=O) groups is 2. The summed E-state index contributed by atoms with van der Waals surface area (Å²) in [6.45, 7) is 8.19. The van der Waals surface area contributed by atoms with Gasteiger partial charge in [-0.1, -0.05) is 12.8 Å². The third kappa shape index (κ3) is 5.64. The Morgan fingerprint density at radius 1 is 1.08 bits per heavy atom. The average molecular weight is 331 g/mol. The molecule has 0 unspecified atom stereocenters. The van der Waals surface area contributed by atoms with Crippen LogP contribution in [-0.2, 0) is 0 Å². The fraction of sp³-hybridized carbons (Fsp3) is 0.579. The highest BCUT2D eigenvalue weighted by atomic mass is 16.2. The van der Waals surface area contributed by atoms with Crippen molar-refractivity contribution < 1.29 is 9.59 Å². The number of rotatable bonds is 6. The Morgan fingerprint density at radius 3 is 2.25 bits per heavy atom. The molecule has 24 heavy (non-hydrogen) atoms. The first kappa shape index (κ1) is 18.5. The Balaban J connectivity index is 1.84. The van der Waals surface area contributed by atoms with Crippen molar-refractivity contribution in [1.29, 1.82) is 0 Å². The highest BCUT2D eigenvalue weighted by Crippen LogP contribution is 2.12. The number of ketones is 1. The number of hydrogen-bond acceptors (Lipinski definition) is 3. The van der Waals surface area contributed by atoms with Crippen LogP contribution in [0.3, 0.4) is 0 Å². The summed E-state index contributed by atoms with van der Waals surface area (Å²) < 4.78 is 0. The molecular formula is C19H29N3O2. The van der Waals surface area contributed by atoms with Crippen LogP contribution < -0.4 is 5.32 Å². The van der Waals surface area contributed by atoms with Crippen molar-refractivity contribution in [1.82, 2.24) is 9.80 Å². The van der Waals surface area contributed by atoms with Gasteiger partial charge in [0.05, 0.1) is 0 Å². The lowest BCUT2D eigenvalue weighted by molar-refractivity contribution is 0.101. The van der Waals surface area contributed by atoms with E-state index in [0.717, 1.165) is 31.9 Å². The van der Waals surface area contributed by atoms with E-state index in [4.69, 9.17) is 0 Å². The maximum absolute atomic E-state index is 12.4. The molecule has 5 heteroatoms.